The average Bonchev–Trinajstić information content (AvgIpc) is 2.37. The van der Waals surface area contributed by atoms with Gasteiger partial charge in [0.05, 0.1) is 5.02 Å². The van der Waals surface area contributed by atoms with Crippen LogP contribution >= 0.6 is 11.6 Å². The molecule has 1 aliphatic rings. The van der Waals surface area contributed by atoms with E-state index in [1.807, 2.05) is 18.2 Å². The van der Waals surface area contributed by atoms with E-state index in [0.717, 1.165) is 30.6 Å². The molecule has 4 heteroatoms. The molecule has 0 amide bonds. The molecule has 2 heterocycles. The van der Waals surface area contributed by atoms with Gasteiger partial charge in [-0.3, -0.25) is 4.98 Å². The number of hydrogen-bond donors (Lipinski definition) is 1. The van der Waals surface area contributed by atoms with Crippen LogP contribution in [-0.2, 0) is 11.8 Å². The van der Waals surface area contributed by atoms with Gasteiger partial charge in [-0.15, -0.1) is 0 Å². The topological polar surface area (TPSA) is 24.9 Å². The molecule has 0 spiro atoms. The van der Waals surface area contributed by atoms with Crippen molar-refractivity contribution in [2.45, 2.75) is 11.8 Å². The van der Waals surface area contributed by atoms with Gasteiger partial charge in [0.1, 0.15) is 5.82 Å². The molecule has 98 valence electrons. The summed E-state index contributed by atoms with van der Waals surface area (Å²) in [5, 5.41) is 3.89. The Morgan fingerprint density at radius 2 is 2.05 bits per heavy atom. The smallest absolute Gasteiger partial charge is 0.127 e. The van der Waals surface area contributed by atoms with Gasteiger partial charge < -0.3 is 5.32 Å². The largest absolute Gasteiger partial charge is 0.315 e. The average molecular weight is 277 g/mol. The van der Waals surface area contributed by atoms with Crippen LogP contribution in [0.5, 0.6) is 0 Å². The Morgan fingerprint density at radius 3 is 2.68 bits per heavy atom. The number of nitrogens with one attached hydrogen (secondary N) is 1. The number of benzene rings is 1. The Morgan fingerprint density at radius 1 is 1.26 bits per heavy atom. The minimum Gasteiger partial charge on any atom is -0.315 e. The summed E-state index contributed by atoms with van der Waals surface area (Å²) in [5.74, 6) is -0.144. The number of halogens is 2. The molecular weight excluding hydrogens is 263 g/mol. The number of rotatable bonds is 3. The second-order valence-corrected chi connectivity index (χ2v) is 5.41. The second-order valence-electron chi connectivity index (χ2n) is 5.01. The summed E-state index contributed by atoms with van der Waals surface area (Å²) in [4.78, 5) is 3.99. The van der Waals surface area contributed by atoms with Crippen LogP contribution in [0, 0.1) is 5.82 Å². The van der Waals surface area contributed by atoms with Crippen molar-refractivity contribution < 1.29 is 4.39 Å². The highest BCUT2D eigenvalue weighted by atomic mass is 35.5. The maximum atomic E-state index is 14.0. The van der Waals surface area contributed by atoms with Crippen LogP contribution < -0.4 is 5.32 Å². The van der Waals surface area contributed by atoms with Crippen LogP contribution in [0.2, 0.25) is 5.02 Å². The van der Waals surface area contributed by atoms with Gasteiger partial charge in [0, 0.05) is 30.9 Å². The lowest BCUT2D eigenvalue weighted by molar-refractivity contribution is 0.266. The lowest BCUT2D eigenvalue weighted by atomic mass is 9.71. The number of pyridine rings is 1. The van der Waals surface area contributed by atoms with Crippen molar-refractivity contribution in [2.75, 3.05) is 13.1 Å². The molecule has 0 unspecified atom stereocenters. The minimum atomic E-state index is -0.198. The Hall–Kier alpha value is -1.45. The third kappa shape index (κ3) is 2.24. The minimum absolute atomic E-state index is 0.144. The lowest BCUT2D eigenvalue weighted by Gasteiger charge is -2.43. The first-order valence-electron chi connectivity index (χ1n) is 6.25. The van der Waals surface area contributed by atoms with Crippen LogP contribution in [-0.4, -0.2) is 18.1 Å². The molecule has 1 aromatic heterocycles. The van der Waals surface area contributed by atoms with Gasteiger partial charge in [-0.05, 0) is 29.7 Å². The van der Waals surface area contributed by atoms with Crippen molar-refractivity contribution in [1.82, 2.24) is 10.3 Å². The molecule has 1 fully saturated rings. The third-order valence-electron chi connectivity index (χ3n) is 3.76. The predicted molar refractivity (Wildman–Crippen MR) is 73.9 cm³/mol. The fraction of sp³-hybridized carbons (Fsp3) is 0.267. The molecule has 1 aromatic carbocycles. The maximum absolute atomic E-state index is 14.0. The van der Waals surface area contributed by atoms with Gasteiger partial charge >= 0.3 is 0 Å². The van der Waals surface area contributed by atoms with Crippen molar-refractivity contribution >= 4 is 11.6 Å². The Kier molecular flexibility index (Phi) is 3.25. The summed E-state index contributed by atoms with van der Waals surface area (Å²) in [6.07, 6.45) is 4.09. The van der Waals surface area contributed by atoms with E-state index < -0.39 is 0 Å². The summed E-state index contributed by atoms with van der Waals surface area (Å²) < 4.78 is 14.0. The molecule has 0 aliphatic carbocycles. The number of hydrogen-bond acceptors (Lipinski definition) is 2. The van der Waals surface area contributed by atoms with Crippen LogP contribution in [0.4, 0.5) is 4.39 Å². The first-order chi connectivity index (χ1) is 9.21. The van der Waals surface area contributed by atoms with E-state index in [9.17, 15) is 4.39 Å². The van der Waals surface area contributed by atoms with Crippen molar-refractivity contribution in [2.24, 2.45) is 0 Å². The fourth-order valence-electron chi connectivity index (χ4n) is 2.64. The van der Waals surface area contributed by atoms with E-state index in [1.54, 1.807) is 18.5 Å². The molecule has 2 aromatic rings. The monoisotopic (exact) mass is 276 g/mol. The Bertz CT molecular complexity index is 596. The van der Waals surface area contributed by atoms with Gasteiger partial charge in [-0.1, -0.05) is 29.8 Å². The van der Waals surface area contributed by atoms with Crippen molar-refractivity contribution in [3.8, 4) is 0 Å². The molecule has 3 rings (SSSR count). The molecule has 0 bridgehead atoms. The van der Waals surface area contributed by atoms with Crippen molar-refractivity contribution in [3.63, 3.8) is 0 Å². The fourth-order valence-corrected chi connectivity index (χ4v) is 2.83. The molecule has 0 atom stereocenters. The van der Waals surface area contributed by atoms with E-state index in [4.69, 9.17) is 11.6 Å². The van der Waals surface area contributed by atoms with Crippen LogP contribution in [0.3, 0.4) is 0 Å². The summed E-state index contributed by atoms with van der Waals surface area (Å²) >= 11 is 6.16. The number of aromatic nitrogens is 1. The molecule has 1 aliphatic heterocycles. The third-order valence-corrected chi connectivity index (χ3v) is 4.10. The highest BCUT2D eigenvalue weighted by Crippen LogP contribution is 2.35. The first-order valence-corrected chi connectivity index (χ1v) is 6.63. The molecule has 19 heavy (non-hydrogen) atoms. The Balaban J connectivity index is 1.97. The highest BCUT2D eigenvalue weighted by Gasteiger charge is 2.40. The van der Waals surface area contributed by atoms with Gasteiger partial charge in [-0.2, -0.15) is 0 Å². The predicted octanol–water partition coefficient (Wildman–Crippen LogP) is 2.96. The van der Waals surface area contributed by atoms with Crippen LogP contribution in [0.1, 0.15) is 11.1 Å². The van der Waals surface area contributed by atoms with Crippen LogP contribution in [0.15, 0.2) is 42.7 Å². The second kappa shape index (κ2) is 4.91. The standard InChI is InChI=1S/C15H14ClFN2/c16-13-8-18-6-5-11(13)7-15(9-19-10-15)12-3-1-2-4-14(12)17/h1-6,8,19H,7,9-10H2. The van der Waals surface area contributed by atoms with E-state index in [0.29, 0.717) is 5.02 Å². The summed E-state index contributed by atoms with van der Waals surface area (Å²) in [5.41, 5.74) is 1.58. The SMILES string of the molecule is Fc1ccccc1C1(Cc2ccncc2Cl)CNC1. The zero-order chi connectivity index (χ0) is 13.3. The van der Waals surface area contributed by atoms with Crippen LogP contribution in [0.25, 0.3) is 0 Å². The van der Waals surface area contributed by atoms with Crippen molar-refractivity contribution in [3.05, 3.63) is 64.7 Å². The zero-order valence-corrected chi connectivity index (χ0v) is 11.1. The van der Waals surface area contributed by atoms with E-state index in [-0.39, 0.29) is 11.2 Å². The van der Waals surface area contributed by atoms with Gasteiger partial charge in [-0.25, -0.2) is 4.39 Å². The van der Waals surface area contributed by atoms with E-state index >= 15 is 0 Å². The normalized spacial score (nSPS) is 16.9. The van der Waals surface area contributed by atoms with E-state index in [2.05, 4.69) is 10.3 Å². The summed E-state index contributed by atoms with van der Waals surface area (Å²) in [6.45, 7) is 1.54. The molecule has 1 saturated heterocycles. The van der Waals surface area contributed by atoms with E-state index in [1.165, 1.54) is 6.07 Å². The zero-order valence-electron chi connectivity index (χ0n) is 10.4. The molecule has 2 nitrogen and oxygen atoms in total. The number of nitrogens with zero attached hydrogens (tertiary/aromatic N) is 1. The Labute approximate surface area is 116 Å². The van der Waals surface area contributed by atoms with Gasteiger partial charge in [0.15, 0.2) is 0 Å². The molecule has 0 saturated carbocycles. The highest BCUT2D eigenvalue weighted by molar-refractivity contribution is 6.31. The lowest BCUT2D eigenvalue weighted by Crippen LogP contribution is -2.58. The van der Waals surface area contributed by atoms with Crippen molar-refractivity contribution in [1.29, 1.82) is 0 Å². The maximum Gasteiger partial charge on any atom is 0.127 e. The first kappa shape index (κ1) is 12.6. The molecule has 0 radical (unpaired) electrons. The summed E-state index contributed by atoms with van der Waals surface area (Å²) in [7, 11) is 0. The van der Waals surface area contributed by atoms with Gasteiger partial charge in [0.2, 0.25) is 0 Å². The quantitative estimate of drug-likeness (QED) is 0.932. The summed E-state index contributed by atoms with van der Waals surface area (Å²) in [6, 6.07) is 8.89. The molecule has 1 N–H and O–H groups in total. The van der Waals surface area contributed by atoms with Gasteiger partial charge in [0.25, 0.3) is 0 Å². The molecular formula is C15H14ClFN2.